The Hall–Kier alpha value is -1.14. The molecule has 142 valence electrons. The summed E-state index contributed by atoms with van der Waals surface area (Å²) < 4.78 is 9.32. The lowest BCUT2D eigenvalue weighted by Crippen LogP contribution is -3.00. The van der Waals surface area contributed by atoms with Crippen LogP contribution < -0.4 is 57.1 Å². The van der Waals surface area contributed by atoms with Crippen LogP contribution in [0.2, 0.25) is 0 Å². The number of carbonyl (C=O) groups is 1. The zero-order valence-corrected chi connectivity index (χ0v) is 19.3. The predicted molar refractivity (Wildman–Crippen MR) is 87.5 cm³/mol. The molecular weight excluding hydrogens is 560 g/mol. The van der Waals surface area contributed by atoms with Gasteiger partial charge in [0.25, 0.3) is 13.5 Å². The summed E-state index contributed by atoms with van der Waals surface area (Å²) in [5.74, 6) is 0.0933. The Bertz CT molecular complexity index is 746. The number of carbonyl (C=O) groups excluding carboxylic acids is 1. The molecule has 0 aliphatic rings. The Morgan fingerprint density at radius 1 is 1.15 bits per heavy atom. The maximum absolute atomic E-state index is 12.3. The zero-order chi connectivity index (χ0) is 17.6. The van der Waals surface area contributed by atoms with Gasteiger partial charge >= 0.3 is 0 Å². The zero-order valence-electron chi connectivity index (χ0n) is 15.0. The first-order valence-electron chi connectivity index (χ1n) is 7.69. The minimum absolute atomic E-state index is 0. The lowest BCUT2D eigenvalue weighted by atomic mass is 9.87. The first-order valence-corrected chi connectivity index (χ1v) is 7.69. The SMILES string of the molecule is CC(C)(C)C(=O)c1ccc[n+](COC[n+]2ccccc2C=NO)c1.[I-].[I-]. The van der Waals surface area contributed by atoms with Gasteiger partial charge in [0, 0.05) is 23.6 Å². The van der Waals surface area contributed by atoms with Crippen LogP contribution in [0, 0.1) is 5.41 Å². The lowest BCUT2D eigenvalue weighted by Gasteiger charge is -2.15. The maximum Gasteiger partial charge on any atom is 0.258 e. The second kappa shape index (κ2) is 11.5. The number of hydrogen-bond acceptors (Lipinski definition) is 4. The number of nitrogens with zero attached hydrogens (tertiary/aromatic N) is 3. The van der Waals surface area contributed by atoms with Gasteiger partial charge in [-0.1, -0.05) is 25.9 Å². The Labute approximate surface area is 187 Å². The van der Waals surface area contributed by atoms with Crippen LogP contribution in [0.3, 0.4) is 0 Å². The fourth-order valence-electron chi connectivity index (χ4n) is 2.20. The van der Waals surface area contributed by atoms with E-state index in [9.17, 15) is 4.79 Å². The molecule has 0 bridgehead atoms. The number of ketones is 1. The summed E-state index contributed by atoms with van der Waals surface area (Å²) in [5, 5.41) is 11.7. The number of hydrogen-bond donors (Lipinski definition) is 1. The molecule has 1 N–H and O–H groups in total. The maximum atomic E-state index is 12.3. The highest BCUT2D eigenvalue weighted by molar-refractivity contribution is 5.99. The molecular formula is C18H23I2N3O3. The van der Waals surface area contributed by atoms with Gasteiger partial charge in [0.1, 0.15) is 6.21 Å². The molecule has 0 saturated carbocycles. The fraction of sp³-hybridized carbons (Fsp3) is 0.333. The average molecular weight is 583 g/mol. The van der Waals surface area contributed by atoms with Crippen molar-refractivity contribution in [3.05, 3.63) is 60.2 Å². The summed E-state index contributed by atoms with van der Waals surface area (Å²) in [7, 11) is 0. The van der Waals surface area contributed by atoms with E-state index in [0.29, 0.717) is 19.0 Å². The standard InChI is InChI=1S/C18H22N3O3.2HI/c1-18(2,3)17(22)15-7-6-9-20(12-15)13-24-14-21-10-5-4-8-16(21)11-19-23;;/h4-12H,13-14H2,1-3H3;2*1H/q+1;;/p-1. The number of Topliss-reactive ketones (excluding diaryl/α,β-unsaturated/α-hetero) is 1. The van der Waals surface area contributed by atoms with Crippen LogP contribution in [0.1, 0.15) is 36.8 Å². The highest BCUT2D eigenvalue weighted by Crippen LogP contribution is 2.19. The number of ether oxygens (including phenoxy) is 1. The molecule has 0 radical (unpaired) electrons. The highest BCUT2D eigenvalue weighted by Gasteiger charge is 2.24. The summed E-state index contributed by atoms with van der Waals surface area (Å²) in [6, 6.07) is 9.18. The van der Waals surface area contributed by atoms with Gasteiger partial charge in [0.05, 0.1) is 5.56 Å². The number of pyridine rings is 2. The predicted octanol–water partition coefficient (Wildman–Crippen LogP) is -4.06. The molecule has 0 aliphatic heterocycles. The van der Waals surface area contributed by atoms with Gasteiger partial charge in [-0.05, 0) is 12.1 Å². The van der Waals surface area contributed by atoms with E-state index in [-0.39, 0.29) is 53.7 Å². The van der Waals surface area contributed by atoms with Crippen molar-refractivity contribution in [1.82, 2.24) is 0 Å². The molecule has 2 rings (SSSR count). The molecule has 0 aliphatic carbocycles. The Kier molecular flexibility index (Phi) is 11.0. The molecule has 0 unspecified atom stereocenters. The van der Waals surface area contributed by atoms with E-state index < -0.39 is 5.41 Å². The highest BCUT2D eigenvalue weighted by atomic mass is 127. The molecule has 0 aromatic carbocycles. The van der Waals surface area contributed by atoms with Crippen molar-refractivity contribution in [1.29, 1.82) is 0 Å². The van der Waals surface area contributed by atoms with Crippen molar-refractivity contribution >= 4 is 12.0 Å². The quantitative estimate of drug-likeness (QED) is 0.0942. The molecule has 26 heavy (non-hydrogen) atoms. The second-order valence-electron chi connectivity index (χ2n) is 6.49. The smallest absolute Gasteiger partial charge is 0.258 e. The van der Waals surface area contributed by atoms with Gasteiger partial charge in [-0.3, -0.25) is 9.53 Å². The van der Waals surface area contributed by atoms with E-state index >= 15 is 0 Å². The van der Waals surface area contributed by atoms with E-state index in [4.69, 9.17) is 9.94 Å². The average Bonchev–Trinajstić information content (AvgIpc) is 2.55. The third-order valence-electron chi connectivity index (χ3n) is 3.44. The van der Waals surface area contributed by atoms with Crippen LogP contribution in [-0.2, 0) is 18.2 Å². The number of rotatable bonds is 6. The lowest BCUT2D eigenvalue weighted by molar-refractivity contribution is -0.788. The van der Waals surface area contributed by atoms with Gasteiger partial charge in [0.15, 0.2) is 24.4 Å². The van der Waals surface area contributed by atoms with E-state index in [1.807, 2.05) is 72.6 Å². The minimum atomic E-state index is -0.418. The van der Waals surface area contributed by atoms with Crippen LogP contribution in [0.4, 0.5) is 0 Å². The van der Waals surface area contributed by atoms with Crippen molar-refractivity contribution in [2.75, 3.05) is 0 Å². The molecule has 2 aromatic heterocycles. The molecule has 0 saturated heterocycles. The normalized spacial score (nSPS) is 10.9. The molecule has 0 amide bonds. The van der Waals surface area contributed by atoms with E-state index in [1.165, 1.54) is 6.21 Å². The number of oxime groups is 1. The first kappa shape index (κ1) is 24.9. The van der Waals surface area contributed by atoms with Crippen LogP contribution in [-0.4, -0.2) is 17.2 Å². The Balaban J connectivity index is 0.00000312. The third kappa shape index (κ3) is 7.23. The van der Waals surface area contributed by atoms with Crippen molar-refractivity contribution in [2.45, 2.75) is 34.2 Å². The Morgan fingerprint density at radius 3 is 2.54 bits per heavy atom. The Morgan fingerprint density at radius 2 is 1.88 bits per heavy atom. The van der Waals surface area contributed by atoms with Crippen LogP contribution in [0.15, 0.2) is 54.1 Å². The summed E-state index contributed by atoms with van der Waals surface area (Å²) in [6.07, 6.45) is 6.82. The molecule has 0 atom stereocenters. The van der Waals surface area contributed by atoms with Gasteiger partial charge in [0.2, 0.25) is 5.69 Å². The van der Waals surface area contributed by atoms with Gasteiger partial charge in [-0.25, -0.2) is 0 Å². The summed E-state index contributed by atoms with van der Waals surface area (Å²) in [4.78, 5) is 12.3. The van der Waals surface area contributed by atoms with Gasteiger partial charge < -0.3 is 53.2 Å². The van der Waals surface area contributed by atoms with Crippen molar-refractivity contribution < 1.29 is 71.8 Å². The topological polar surface area (TPSA) is 66.7 Å². The van der Waals surface area contributed by atoms with Crippen molar-refractivity contribution in [3.63, 3.8) is 0 Å². The van der Waals surface area contributed by atoms with Crippen molar-refractivity contribution in [2.24, 2.45) is 10.6 Å². The third-order valence-corrected chi connectivity index (χ3v) is 3.44. The van der Waals surface area contributed by atoms with Gasteiger partial charge in [-0.15, -0.1) is 0 Å². The van der Waals surface area contributed by atoms with Crippen molar-refractivity contribution in [3.8, 4) is 0 Å². The van der Waals surface area contributed by atoms with Crippen LogP contribution in [0.25, 0.3) is 0 Å². The van der Waals surface area contributed by atoms with E-state index in [2.05, 4.69) is 5.16 Å². The molecule has 8 heteroatoms. The summed E-state index contributed by atoms with van der Waals surface area (Å²) in [5.41, 5.74) is 0.967. The summed E-state index contributed by atoms with van der Waals surface area (Å²) >= 11 is 0. The molecule has 6 nitrogen and oxygen atoms in total. The summed E-state index contributed by atoms with van der Waals surface area (Å²) in [6.45, 7) is 6.31. The first-order chi connectivity index (χ1) is 11.4. The fourth-order valence-corrected chi connectivity index (χ4v) is 2.20. The number of halogens is 2. The second-order valence-corrected chi connectivity index (χ2v) is 6.49. The molecule has 0 fully saturated rings. The van der Waals surface area contributed by atoms with E-state index in [1.54, 1.807) is 6.20 Å². The van der Waals surface area contributed by atoms with E-state index in [0.717, 1.165) is 5.69 Å². The molecule has 2 heterocycles. The monoisotopic (exact) mass is 583 g/mol. The number of aromatic nitrogens is 2. The van der Waals surface area contributed by atoms with Gasteiger partial charge in [-0.2, -0.15) is 9.13 Å². The molecule has 0 spiro atoms. The minimum Gasteiger partial charge on any atom is -1.00 e. The van der Waals surface area contributed by atoms with Crippen LogP contribution >= 0.6 is 0 Å². The molecule has 2 aromatic rings. The largest absolute Gasteiger partial charge is 1.00 e. The van der Waals surface area contributed by atoms with Crippen LogP contribution in [0.5, 0.6) is 0 Å².